The summed E-state index contributed by atoms with van der Waals surface area (Å²) >= 11 is 0. The van der Waals surface area contributed by atoms with E-state index in [1.807, 2.05) is 6.20 Å². The summed E-state index contributed by atoms with van der Waals surface area (Å²) in [5.74, 6) is 0. The zero-order chi connectivity index (χ0) is 16.1. The van der Waals surface area contributed by atoms with E-state index in [9.17, 15) is 0 Å². The second-order valence-electron chi connectivity index (χ2n) is 7.75. The minimum Gasteiger partial charge on any atom is -0.316 e. The zero-order valence-corrected chi connectivity index (χ0v) is 14.9. The van der Waals surface area contributed by atoms with Crippen molar-refractivity contribution in [3.8, 4) is 0 Å². The Balaban J connectivity index is 1.47. The molecule has 5 heteroatoms. The number of aryl methyl sites for hydroxylation is 1. The third-order valence-corrected chi connectivity index (χ3v) is 5.29. The van der Waals surface area contributed by atoms with Crippen molar-refractivity contribution in [2.24, 2.45) is 5.41 Å². The highest BCUT2D eigenvalue weighted by Gasteiger charge is 2.31. The van der Waals surface area contributed by atoms with Crippen molar-refractivity contribution < 1.29 is 0 Å². The molecule has 1 aromatic rings. The molecule has 2 aliphatic rings. The lowest BCUT2D eigenvalue weighted by Crippen LogP contribution is -2.39. The van der Waals surface area contributed by atoms with Crippen LogP contribution in [0.4, 0.5) is 0 Å². The lowest BCUT2D eigenvalue weighted by molar-refractivity contribution is 0.178. The summed E-state index contributed by atoms with van der Waals surface area (Å²) in [6.07, 6.45) is 8.02. The standard InChI is InChI=1S/C18H33N5/c1-3-7-23-14-17(12-20-23)13-21-8-4-9-22(11-10-21)16-18(2)5-6-19-15-18/h12,14,19H,3-11,13,15-16H2,1-2H3. The molecule has 3 rings (SSSR count). The summed E-state index contributed by atoms with van der Waals surface area (Å²) in [6, 6.07) is 0. The average Bonchev–Trinajstić information content (AvgIpc) is 3.08. The van der Waals surface area contributed by atoms with Crippen LogP contribution in [0.1, 0.15) is 38.7 Å². The van der Waals surface area contributed by atoms with Crippen LogP contribution >= 0.6 is 0 Å². The summed E-state index contributed by atoms with van der Waals surface area (Å²) in [7, 11) is 0. The lowest BCUT2D eigenvalue weighted by Gasteiger charge is -2.31. The molecule has 130 valence electrons. The molecule has 5 nitrogen and oxygen atoms in total. The molecule has 1 unspecified atom stereocenters. The first-order valence-electron chi connectivity index (χ1n) is 9.34. The maximum absolute atomic E-state index is 4.46. The van der Waals surface area contributed by atoms with Crippen LogP contribution in [-0.2, 0) is 13.1 Å². The van der Waals surface area contributed by atoms with E-state index < -0.39 is 0 Å². The second-order valence-corrected chi connectivity index (χ2v) is 7.75. The molecule has 3 heterocycles. The third kappa shape index (κ3) is 4.78. The SMILES string of the molecule is CCCn1cc(CN2CCCN(CC3(C)CCNC3)CC2)cn1. The van der Waals surface area contributed by atoms with E-state index in [1.165, 1.54) is 64.2 Å². The van der Waals surface area contributed by atoms with Crippen LogP contribution in [0.2, 0.25) is 0 Å². The van der Waals surface area contributed by atoms with Crippen LogP contribution in [0.5, 0.6) is 0 Å². The fraction of sp³-hybridized carbons (Fsp3) is 0.833. The fourth-order valence-electron chi connectivity index (χ4n) is 3.98. The quantitative estimate of drug-likeness (QED) is 0.867. The van der Waals surface area contributed by atoms with Gasteiger partial charge in [-0.1, -0.05) is 13.8 Å². The Morgan fingerprint density at radius 3 is 2.83 bits per heavy atom. The zero-order valence-electron chi connectivity index (χ0n) is 14.9. The Bertz CT molecular complexity index is 478. The van der Waals surface area contributed by atoms with E-state index in [-0.39, 0.29) is 0 Å². The van der Waals surface area contributed by atoms with Crippen molar-refractivity contribution in [1.82, 2.24) is 24.9 Å². The second kappa shape index (κ2) is 7.77. The minimum absolute atomic E-state index is 0.483. The molecule has 2 aliphatic heterocycles. The summed E-state index contributed by atoms with van der Waals surface area (Å²) in [6.45, 7) is 15.2. The number of aromatic nitrogens is 2. The van der Waals surface area contributed by atoms with Crippen molar-refractivity contribution in [3.63, 3.8) is 0 Å². The van der Waals surface area contributed by atoms with Crippen LogP contribution in [0, 0.1) is 5.41 Å². The Morgan fingerprint density at radius 1 is 1.22 bits per heavy atom. The molecule has 0 radical (unpaired) electrons. The van der Waals surface area contributed by atoms with Gasteiger partial charge in [-0.05, 0) is 44.3 Å². The first kappa shape index (κ1) is 16.9. The molecule has 1 aromatic heterocycles. The van der Waals surface area contributed by atoms with E-state index >= 15 is 0 Å². The molecule has 2 fully saturated rings. The molecule has 23 heavy (non-hydrogen) atoms. The minimum atomic E-state index is 0.483. The van der Waals surface area contributed by atoms with Crippen LogP contribution in [-0.4, -0.2) is 65.4 Å². The van der Waals surface area contributed by atoms with Crippen LogP contribution in [0.25, 0.3) is 0 Å². The molecular weight excluding hydrogens is 286 g/mol. The number of hydrogen-bond donors (Lipinski definition) is 1. The van der Waals surface area contributed by atoms with Crippen molar-refractivity contribution in [1.29, 1.82) is 0 Å². The summed E-state index contributed by atoms with van der Waals surface area (Å²) < 4.78 is 2.08. The molecule has 0 amide bonds. The number of rotatable bonds is 6. The van der Waals surface area contributed by atoms with Gasteiger partial charge < -0.3 is 10.2 Å². The Hall–Kier alpha value is -0.910. The van der Waals surface area contributed by atoms with Crippen molar-refractivity contribution in [2.75, 3.05) is 45.8 Å². The van der Waals surface area contributed by atoms with E-state index in [2.05, 4.69) is 44.9 Å². The molecule has 0 bridgehead atoms. The van der Waals surface area contributed by atoms with Gasteiger partial charge in [-0.3, -0.25) is 9.58 Å². The molecular formula is C18H33N5. The van der Waals surface area contributed by atoms with Crippen molar-refractivity contribution >= 4 is 0 Å². The van der Waals surface area contributed by atoms with E-state index in [4.69, 9.17) is 0 Å². The van der Waals surface area contributed by atoms with Gasteiger partial charge >= 0.3 is 0 Å². The number of hydrogen-bond acceptors (Lipinski definition) is 4. The van der Waals surface area contributed by atoms with E-state index in [1.54, 1.807) is 0 Å². The van der Waals surface area contributed by atoms with E-state index in [0.717, 1.165) is 19.5 Å². The maximum Gasteiger partial charge on any atom is 0.0534 e. The summed E-state index contributed by atoms with van der Waals surface area (Å²) in [5, 5.41) is 7.99. The highest BCUT2D eigenvalue weighted by Crippen LogP contribution is 2.26. The Kier molecular flexibility index (Phi) is 5.72. The van der Waals surface area contributed by atoms with Gasteiger partial charge in [0.1, 0.15) is 0 Å². The molecule has 0 aromatic carbocycles. The van der Waals surface area contributed by atoms with Gasteiger partial charge in [-0.2, -0.15) is 5.10 Å². The lowest BCUT2D eigenvalue weighted by atomic mass is 9.89. The predicted molar refractivity (Wildman–Crippen MR) is 94.4 cm³/mol. The number of nitrogens with zero attached hydrogens (tertiary/aromatic N) is 4. The molecule has 0 spiro atoms. The van der Waals surface area contributed by atoms with Gasteiger partial charge in [0.15, 0.2) is 0 Å². The maximum atomic E-state index is 4.46. The Labute approximate surface area is 141 Å². The Morgan fingerprint density at radius 2 is 2.04 bits per heavy atom. The molecule has 0 saturated carbocycles. The largest absolute Gasteiger partial charge is 0.316 e. The monoisotopic (exact) mass is 319 g/mol. The summed E-state index contributed by atoms with van der Waals surface area (Å²) in [5.41, 5.74) is 1.84. The third-order valence-electron chi connectivity index (χ3n) is 5.29. The molecule has 1 atom stereocenters. The fourth-order valence-corrected chi connectivity index (χ4v) is 3.98. The van der Waals surface area contributed by atoms with Gasteiger partial charge in [0.25, 0.3) is 0 Å². The highest BCUT2D eigenvalue weighted by molar-refractivity contribution is 5.03. The van der Waals surface area contributed by atoms with Crippen LogP contribution < -0.4 is 5.32 Å². The predicted octanol–water partition coefficient (Wildman–Crippen LogP) is 1.80. The molecule has 1 N–H and O–H groups in total. The van der Waals surface area contributed by atoms with Crippen molar-refractivity contribution in [3.05, 3.63) is 18.0 Å². The van der Waals surface area contributed by atoms with Gasteiger partial charge in [0.05, 0.1) is 6.20 Å². The van der Waals surface area contributed by atoms with Crippen molar-refractivity contribution in [2.45, 2.75) is 46.2 Å². The van der Waals surface area contributed by atoms with Gasteiger partial charge in [-0.15, -0.1) is 0 Å². The van der Waals surface area contributed by atoms with Gasteiger partial charge in [0, 0.05) is 51.0 Å². The molecule has 2 saturated heterocycles. The smallest absolute Gasteiger partial charge is 0.0534 e. The topological polar surface area (TPSA) is 36.3 Å². The molecule has 0 aliphatic carbocycles. The summed E-state index contributed by atoms with van der Waals surface area (Å²) in [4.78, 5) is 5.29. The van der Waals surface area contributed by atoms with E-state index in [0.29, 0.717) is 5.41 Å². The van der Waals surface area contributed by atoms with Gasteiger partial charge in [0.2, 0.25) is 0 Å². The van der Waals surface area contributed by atoms with Crippen LogP contribution in [0.3, 0.4) is 0 Å². The first-order valence-corrected chi connectivity index (χ1v) is 9.34. The normalized spacial score (nSPS) is 27.4. The number of nitrogens with one attached hydrogen (secondary N) is 1. The highest BCUT2D eigenvalue weighted by atomic mass is 15.3. The first-order chi connectivity index (χ1) is 11.2. The van der Waals surface area contributed by atoms with Gasteiger partial charge in [-0.25, -0.2) is 0 Å². The van der Waals surface area contributed by atoms with Crippen LogP contribution in [0.15, 0.2) is 12.4 Å². The average molecular weight is 319 g/mol.